The van der Waals surface area contributed by atoms with E-state index in [-0.39, 0.29) is 22.7 Å². The lowest BCUT2D eigenvalue weighted by atomic mass is 9.83. The van der Waals surface area contributed by atoms with Crippen molar-refractivity contribution in [2.75, 3.05) is 20.1 Å². The van der Waals surface area contributed by atoms with Gasteiger partial charge in [-0.3, -0.25) is 15.0 Å². The minimum Gasteiger partial charge on any atom is -0.298 e. The van der Waals surface area contributed by atoms with Gasteiger partial charge in [0.1, 0.15) is 0 Å². The summed E-state index contributed by atoms with van der Waals surface area (Å²) in [6.45, 7) is 1.99. The molecule has 1 aliphatic carbocycles. The van der Waals surface area contributed by atoms with Crippen LogP contribution in [-0.2, 0) is 16.4 Å². The molecule has 8 heteroatoms. The molecule has 1 fully saturated rings. The second kappa shape index (κ2) is 7.85. The highest BCUT2D eigenvalue weighted by Gasteiger charge is 2.41. The quantitative estimate of drug-likeness (QED) is 0.552. The topological polar surface area (TPSA) is 83.8 Å². The van der Waals surface area contributed by atoms with Gasteiger partial charge in [0.2, 0.25) is 10.0 Å². The van der Waals surface area contributed by atoms with E-state index >= 15 is 0 Å². The molecule has 0 N–H and O–H groups in total. The number of sulfonamides is 1. The van der Waals surface area contributed by atoms with Gasteiger partial charge < -0.3 is 0 Å². The molecule has 0 bridgehead atoms. The maximum atomic E-state index is 13.4. The van der Waals surface area contributed by atoms with E-state index in [0.29, 0.717) is 0 Å². The molecule has 4 rings (SSSR count). The lowest BCUT2D eigenvalue weighted by molar-refractivity contribution is -0.384. The molecule has 2 aromatic carbocycles. The number of non-ortho nitro benzene ring substituents is 1. The van der Waals surface area contributed by atoms with Crippen LogP contribution in [-0.4, -0.2) is 48.7 Å². The number of hydrogen-bond acceptors (Lipinski definition) is 5. The van der Waals surface area contributed by atoms with Gasteiger partial charge in [-0.25, -0.2) is 8.42 Å². The fourth-order valence-electron chi connectivity index (χ4n) is 4.67. The van der Waals surface area contributed by atoms with Crippen molar-refractivity contribution in [3.8, 4) is 0 Å². The Morgan fingerprint density at radius 1 is 1.07 bits per heavy atom. The highest BCUT2D eigenvalue weighted by atomic mass is 32.2. The summed E-state index contributed by atoms with van der Waals surface area (Å²) in [4.78, 5) is 12.9. The molecule has 0 aromatic heterocycles. The molecule has 2 aromatic rings. The molecule has 1 saturated heterocycles. The fourth-order valence-corrected chi connectivity index (χ4v) is 6.03. The Morgan fingerprint density at radius 2 is 1.72 bits per heavy atom. The van der Waals surface area contributed by atoms with Crippen molar-refractivity contribution in [2.24, 2.45) is 0 Å². The van der Waals surface area contributed by atoms with Crippen molar-refractivity contribution in [3.05, 3.63) is 69.8 Å². The SMILES string of the molecule is CN([C@@H]1c2ccccc2CC[C@H]1N1CCCC1)S(=O)(=O)c1ccc([N+](=O)[O-])cc1. The summed E-state index contributed by atoms with van der Waals surface area (Å²) >= 11 is 0. The lowest BCUT2D eigenvalue weighted by Crippen LogP contribution is -2.48. The van der Waals surface area contributed by atoms with Crippen LogP contribution in [0.5, 0.6) is 0 Å². The van der Waals surface area contributed by atoms with Crippen LogP contribution in [0.25, 0.3) is 0 Å². The van der Waals surface area contributed by atoms with Crippen molar-refractivity contribution < 1.29 is 13.3 Å². The van der Waals surface area contributed by atoms with E-state index in [0.717, 1.165) is 44.3 Å². The van der Waals surface area contributed by atoms with Crippen molar-refractivity contribution in [1.82, 2.24) is 9.21 Å². The largest absolute Gasteiger partial charge is 0.298 e. The number of likely N-dealkylation sites (tertiary alicyclic amines) is 1. The maximum absolute atomic E-state index is 13.4. The average molecular weight is 416 g/mol. The van der Waals surface area contributed by atoms with Crippen LogP contribution >= 0.6 is 0 Å². The van der Waals surface area contributed by atoms with Crippen LogP contribution in [0.3, 0.4) is 0 Å². The van der Waals surface area contributed by atoms with E-state index in [9.17, 15) is 18.5 Å². The van der Waals surface area contributed by atoms with Crippen LogP contribution in [0.2, 0.25) is 0 Å². The third-order valence-corrected chi connectivity index (χ3v) is 8.03. The molecule has 2 aliphatic rings. The molecule has 154 valence electrons. The van der Waals surface area contributed by atoms with Crippen LogP contribution < -0.4 is 0 Å². The van der Waals surface area contributed by atoms with E-state index in [1.807, 2.05) is 18.2 Å². The second-order valence-corrected chi connectivity index (χ2v) is 9.76. The Morgan fingerprint density at radius 3 is 2.38 bits per heavy atom. The Labute approximate surface area is 171 Å². The zero-order valence-electron chi connectivity index (χ0n) is 16.4. The maximum Gasteiger partial charge on any atom is 0.269 e. The molecular formula is C21H25N3O4S. The van der Waals surface area contributed by atoms with Gasteiger partial charge in [-0.05, 0) is 62.0 Å². The molecule has 0 spiro atoms. The van der Waals surface area contributed by atoms with E-state index in [1.165, 1.54) is 34.1 Å². The van der Waals surface area contributed by atoms with E-state index in [1.54, 1.807) is 7.05 Å². The summed E-state index contributed by atoms with van der Waals surface area (Å²) in [6.07, 6.45) is 4.15. The number of rotatable bonds is 5. The summed E-state index contributed by atoms with van der Waals surface area (Å²) in [6, 6.07) is 13.1. The molecule has 0 amide bonds. The minimum atomic E-state index is -3.80. The predicted molar refractivity (Wildman–Crippen MR) is 110 cm³/mol. The number of fused-ring (bicyclic) bond motifs is 1. The van der Waals surface area contributed by atoms with Crippen LogP contribution in [0.4, 0.5) is 5.69 Å². The van der Waals surface area contributed by atoms with Crippen molar-refractivity contribution in [1.29, 1.82) is 0 Å². The summed E-state index contributed by atoms with van der Waals surface area (Å²) in [5, 5.41) is 10.9. The van der Waals surface area contributed by atoms with Gasteiger partial charge in [-0.15, -0.1) is 0 Å². The monoisotopic (exact) mass is 415 g/mol. The first-order valence-electron chi connectivity index (χ1n) is 9.94. The highest BCUT2D eigenvalue weighted by molar-refractivity contribution is 7.89. The average Bonchev–Trinajstić information content (AvgIpc) is 3.27. The van der Waals surface area contributed by atoms with Gasteiger partial charge >= 0.3 is 0 Å². The zero-order valence-corrected chi connectivity index (χ0v) is 17.2. The molecule has 29 heavy (non-hydrogen) atoms. The molecule has 0 radical (unpaired) electrons. The Kier molecular flexibility index (Phi) is 5.42. The predicted octanol–water partition coefficient (Wildman–Crippen LogP) is 3.37. The fraction of sp³-hybridized carbons (Fsp3) is 0.429. The first-order chi connectivity index (χ1) is 13.9. The van der Waals surface area contributed by atoms with Gasteiger partial charge in [0, 0.05) is 25.2 Å². The number of aryl methyl sites for hydroxylation is 1. The number of hydrogen-bond donors (Lipinski definition) is 0. The summed E-state index contributed by atoms with van der Waals surface area (Å²) < 4.78 is 28.3. The van der Waals surface area contributed by atoms with Gasteiger partial charge in [0.15, 0.2) is 0 Å². The molecule has 1 heterocycles. The molecule has 0 saturated carbocycles. The third-order valence-electron chi connectivity index (χ3n) is 6.17. The Balaban J connectivity index is 1.73. The van der Waals surface area contributed by atoms with Crippen LogP contribution in [0.15, 0.2) is 53.4 Å². The third kappa shape index (κ3) is 3.68. The van der Waals surface area contributed by atoms with Gasteiger partial charge in [0.25, 0.3) is 5.69 Å². The highest BCUT2D eigenvalue weighted by Crippen LogP contribution is 2.40. The van der Waals surface area contributed by atoms with E-state index in [4.69, 9.17) is 0 Å². The van der Waals surface area contributed by atoms with Crippen LogP contribution in [0.1, 0.15) is 36.4 Å². The Bertz CT molecular complexity index is 1000. The number of likely N-dealkylation sites (N-methyl/N-ethyl adjacent to an activating group) is 1. The second-order valence-electron chi connectivity index (χ2n) is 7.77. The first-order valence-corrected chi connectivity index (χ1v) is 11.4. The van der Waals surface area contributed by atoms with Crippen LogP contribution in [0, 0.1) is 10.1 Å². The summed E-state index contributed by atoms with van der Waals surface area (Å²) in [5.41, 5.74) is 2.13. The zero-order chi connectivity index (χ0) is 20.6. The van der Waals surface area contributed by atoms with Crippen molar-refractivity contribution >= 4 is 15.7 Å². The van der Waals surface area contributed by atoms with Gasteiger partial charge in [-0.2, -0.15) is 4.31 Å². The lowest BCUT2D eigenvalue weighted by Gasteiger charge is -2.43. The Hall–Kier alpha value is -2.29. The number of nitro groups is 1. The van der Waals surface area contributed by atoms with E-state index < -0.39 is 14.9 Å². The molecular weight excluding hydrogens is 390 g/mol. The van der Waals surface area contributed by atoms with Gasteiger partial charge in [0.05, 0.1) is 15.9 Å². The van der Waals surface area contributed by atoms with Crippen molar-refractivity contribution in [3.63, 3.8) is 0 Å². The normalized spacial score (nSPS) is 22.6. The smallest absolute Gasteiger partial charge is 0.269 e. The first kappa shape index (κ1) is 20.0. The molecule has 1 aliphatic heterocycles. The number of nitro benzene ring substituents is 1. The minimum absolute atomic E-state index is 0.0776. The molecule has 0 unspecified atom stereocenters. The molecule has 7 nitrogen and oxygen atoms in total. The summed E-state index contributed by atoms with van der Waals surface area (Å²) in [5.74, 6) is 0. The van der Waals surface area contributed by atoms with Crippen molar-refractivity contribution in [2.45, 2.75) is 42.7 Å². The number of benzene rings is 2. The van der Waals surface area contributed by atoms with Gasteiger partial charge in [-0.1, -0.05) is 24.3 Å². The number of nitrogens with zero attached hydrogens (tertiary/aromatic N) is 3. The standard InChI is InChI=1S/C21H25N3O4S/c1-22(29(27,28)18-11-9-17(10-12-18)24(25)26)21-19-7-3-2-6-16(19)8-13-20(21)23-14-4-5-15-23/h2-3,6-7,9-12,20-21H,4-5,8,13-15H2,1H3/t20-,21-/m1/s1. The summed E-state index contributed by atoms with van der Waals surface area (Å²) in [7, 11) is -2.17. The van der Waals surface area contributed by atoms with E-state index in [2.05, 4.69) is 11.0 Å². The molecule has 2 atom stereocenters.